The van der Waals surface area contributed by atoms with E-state index in [0.29, 0.717) is 58.5 Å². The maximum atomic E-state index is 14.1. The number of pyridine rings is 1. The van der Waals surface area contributed by atoms with Crippen LogP contribution in [0.3, 0.4) is 0 Å². The summed E-state index contributed by atoms with van der Waals surface area (Å²) in [6, 6.07) is 13.2. The maximum absolute atomic E-state index is 14.1. The first-order valence-corrected chi connectivity index (χ1v) is 15.3. The molecule has 0 bridgehead atoms. The van der Waals surface area contributed by atoms with E-state index >= 15 is 0 Å². The quantitative estimate of drug-likeness (QED) is 0.129. The van der Waals surface area contributed by atoms with E-state index in [1.54, 1.807) is 31.6 Å². The zero-order valence-electron chi connectivity index (χ0n) is 27.1. The van der Waals surface area contributed by atoms with E-state index in [9.17, 15) is 19.3 Å². The number of allylic oxidation sites excluding steroid dienone is 3. The second kappa shape index (κ2) is 13.1. The molecule has 0 saturated heterocycles. The van der Waals surface area contributed by atoms with Crippen molar-refractivity contribution in [1.29, 1.82) is 10.5 Å². The van der Waals surface area contributed by atoms with Gasteiger partial charge in [-0.25, -0.2) is 13.5 Å². The first kappa shape index (κ1) is 33.0. The molecular weight excluding hydrogens is 596 g/mol. The molecular formula is C36H37F2N9. The van der Waals surface area contributed by atoms with Crippen LogP contribution in [0.1, 0.15) is 73.2 Å². The first-order valence-electron chi connectivity index (χ1n) is 15.3. The zero-order chi connectivity index (χ0) is 33.9. The smallest absolute Gasteiger partial charge is 0.263 e. The lowest BCUT2D eigenvalue weighted by molar-refractivity contribution is 0.0593. The number of aromatic nitrogens is 4. The highest BCUT2D eigenvalue weighted by Crippen LogP contribution is 2.48. The molecule has 0 amide bonds. The Morgan fingerprint density at radius 3 is 2.55 bits per heavy atom. The molecule has 1 aliphatic carbocycles. The van der Waals surface area contributed by atoms with Gasteiger partial charge in [0.25, 0.3) is 6.43 Å². The summed E-state index contributed by atoms with van der Waals surface area (Å²) in [5, 5.41) is 36.2. The Morgan fingerprint density at radius 2 is 1.94 bits per heavy atom. The van der Waals surface area contributed by atoms with Gasteiger partial charge in [0, 0.05) is 37.1 Å². The summed E-state index contributed by atoms with van der Waals surface area (Å²) in [5.41, 5.74) is 4.76. The van der Waals surface area contributed by atoms with E-state index in [1.807, 2.05) is 37.3 Å². The predicted octanol–water partition coefficient (Wildman–Crippen LogP) is 7.56. The average Bonchev–Trinajstić information content (AvgIpc) is 3.72. The Kier molecular flexibility index (Phi) is 9.21. The fourth-order valence-corrected chi connectivity index (χ4v) is 5.58. The Hall–Kier alpha value is -5.42. The SMILES string of the molecule is C=C/C(=C\C=NC)c1cccc([C@H](Nc2cc(C#N)c3ncc(C#N)c(NCC(C)(C)C)c3c2)c2cn(C3(C(F)F)CC3)nn2)c1C. The molecule has 1 atom stereocenters. The minimum atomic E-state index is -2.58. The van der Waals surface area contributed by atoms with Crippen LogP contribution in [0.15, 0.2) is 66.4 Å². The number of nitrogens with one attached hydrogen (secondary N) is 2. The normalized spacial score (nSPS) is 15.0. The van der Waals surface area contributed by atoms with E-state index in [-0.39, 0.29) is 5.41 Å². The van der Waals surface area contributed by atoms with Gasteiger partial charge < -0.3 is 10.6 Å². The van der Waals surface area contributed by atoms with Crippen LogP contribution in [0.25, 0.3) is 16.5 Å². The summed E-state index contributed by atoms with van der Waals surface area (Å²) in [5.74, 6) is 0. The van der Waals surface area contributed by atoms with Crippen molar-refractivity contribution in [3.05, 3.63) is 95.0 Å². The lowest BCUT2D eigenvalue weighted by atomic mass is 9.91. The average molecular weight is 634 g/mol. The number of nitrogens with zero attached hydrogens (tertiary/aromatic N) is 7. The Bertz CT molecular complexity index is 1970. The number of fused-ring (bicyclic) bond motifs is 1. The maximum Gasteiger partial charge on any atom is 0.263 e. The van der Waals surface area contributed by atoms with Gasteiger partial charge in [0.05, 0.1) is 34.6 Å². The molecule has 47 heavy (non-hydrogen) atoms. The van der Waals surface area contributed by atoms with Crippen molar-refractivity contribution in [2.75, 3.05) is 24.2 Å². The van der Waals surface area contributed by atoms with Gasteiger partial charge in [-0.2, -0.15) is 10.5 Å². The number of alkyl halides is 2. The Labute approximate surface area is 273 Å². The topological polar surface area (TPSA) is 128 Å². The number of halogens is 2. The number of nitriles is 2. The van der Waals surface area contributed by atoms with Crippen molar-refractivity contribution < 1.29 is 8.78 Å². The van der Waals surface area contributed by atoms with Gasteiger partial charge in [0.15, 0.2) is 0 Å². The molecule has 1 saturated carbocycles. The highest BCUT2D eigenvalue weighted by molar-refractivity contribution is 5.99. The molecule has 2 aromatic heterocycles. The minimum Gasteiger partial charge on any atom is -0.383 e. The minimum absolute atomic E-state index is 0.0887. The molecule has 2 heterocycles. The Morgan fingerprint density at radius 1 is 1.19 bits per heavy atom. The van der Waals surface area contributed by atoms with Crippen LogP contribution in [0.4, 0.5) is 20.2 Å². The summed E-state index contributed by atoms with van der Waals surface area (Å²) >= 11 is 0. The van der Waals surface area contributed by atoms with Crippen LogP contribution in [0.5, 0.6) is 0 Å². The largest absolute Gasteiger partial charge is 0.383 e. The zero-order valence-corrected chi connectivity index (χ0v) is 27.1. The Balaban J connectivity index is 1.69. The number of hydrogen-bond acceptors (Lipinski definition) is 8. The summed E-state index contributed by atoms with van der Waals surface area (Å²) in [6.07, 6.45) is 6.43. The third-order valence-corrected chi connectivity index (χ3v) is 8.37. The summed E-state index contributed by atoms with van der Waals surface area (Å²) in [4.78, 5) is 8.53. The van der Waals surface area contributed by atoms with Crippen LogP contribution in [0, 0.1) is 35.0 Å². The van der Waals surface area contributed by atoms with Gasteiger partial charge in [-0.05, 0) is 65.7 Å². The van der Waals surface area contributed by atoms with Gasteiger partial charge in [0.1, 0.15) is 23.4 Å². The second-order valence-corrected chi connectivity index (χ2v) is 12.9. The van der Waals surface area contributed by atoms with Crippen molar-refractivity contribution in [3.8, 4) is 12.1 Å². The van der Waals surface area contributed by atoms with E-state index in [2.05, 4.69) is 70.4 Å². The van der Waals surface area contributed by atoms with Crippen LogP contribution in [0.2, 0.25) is 0 Å². The van der Waals surface area contributed by atoms with Gasteiger partial charge in [-0.3, -0.25) is 9.98 Å². The van der Waals surface area contributed by atoms with Crippen LogP contribution >= 0.6 is 0 Å². The van der Waals surface area contributed by atoms with E-state index in [1.165, 1.54) is 10.9 Å². The van der Waals surface area contributed by atoms with Gasteiger partial charge in [0.2, 0.25) is 0 Å². The summed E-state index contributed by atoms with van der Waals surface area (Å²) < 4.78 is 29.4. The standard InChI is InChI=1S/C36H37F2N9/c1-7-23(11-14-41-6)27-9-8-10-28(22(27)2)33(30-20-47(46-45-30)36(12-13-36)34(37)38)44-26-15-24(17-39)31-29(16-26)32(25(18-40)19-42-31)43-21-35(3,4)5/h7-11,14-16,19-20,33-34,44H,1,12-13,21H2,2-6H3,(H,42,43)/b23-11+,41-14?/t33-/m0/s1. The van der Waals surface area contributed by atoms with E-state index < -0.39 is 18.0 Å². The molecule has 11 heteroatoms. The molecule has 1 aliphatic rings. The van der Waals surface area contributed by atoms with Crippen LogP contribution in [-0.2, 0) is 5.54 Å². The molecule has 2 N–H and O–H groups in total. The molecule has 0 aliphatic heterocycles. The van der Waals surface area contributed by atoms with Crippen LogP contribution in [-0.4, -0.2) is 46.2 Å². The predicted molar refractivity (Wildman–Crippen MR) is 182 cm³/mol. The molecule has 5 rings (SSSR count). The molecule has 0 unspecified atom stereocenters. The highest BCUT2D eigenvalue weighted by Gasteiger charge is 2.54. The number of benzene rings is 2. The number of rotatable bonds is 11. The van der Waals surface area contributed by atoms with Crippen molar-refractivity contribution in [2.45, 2.75) is 58.5 Å². The fraction of sp³-hybridized carbons (Fsp3) is 0.333. The van der Waals surface area contributed by atoms with E-state index in [4.69, 9.17) is 0 Å². The lowest BCUT2D eigenvalue weighted by Gasteiger charge is -2.24. The number of hydrogen-bond donors (Lipinski definition) is 2. The van der Waals surface area contributed by atoms with Crippen molar-refractivity contribution in [1.82, 2.24) is 20.0 Å². The van der Waals surface area contributed by atoms with Crippen molar-refractivity contribution >= 4 is 34.1 Å². The summed E-state index contributed by atoms with van der Waals surface area (Å²) in [6.45, 7) is 12.8. The molecule has 240 valence electrons. The molecule has 1 fully saturated rings. The molecule has 0 radical (unpaired) electrons. The molecule has 9 nitrogen and oxygen atoms in total. The third kappa shape index (κ3) is 6.61. The number of aliphatic imine (C=N–C) groups is 1. The van der Waals surface area contributed by atoms with Gasteiger partial charge >= 0.3 is 0 Å². The summed E-state index contributed by atoms with van der Waals surface area (Å²) in [7, 11) is 1.69. The van der Waals surface area contributed by atoms with Crippen LogP contribution < -0.4 is 10.6 Å². The molecule has 4 aromatic rings. The monoisotopic (exact) mass is 633 g/mol. The molecule has 2 aromatic carbocycles. The lowest BCUT2D eigenvalue weighted by Crippen LogP contribution is -2.26. The number of anilines is 2. The highest BCUT2D eigenvalue weighted by atomic mass is 19.3. The molecule has 0 spiro atoms. The third-order valence-electron chi connectivity index (χ3n) is 8.37. The van der Waals surface area contributed by atoms with E-state index in [0.717, 1.165) is 22.3 Å². The second-order valence-electron chi connectivity index (χ2n) is 12.9. The first-order chi connectivity index (χ1) is 22.5. The van der Waals surface area contributed by atoms with Crippen molar-refractivity contribution in [2.24, 2.45) is 10.4 Å². The fourth-order valence-electron chi connectivity index (χ4n) is 5.58. The van der Waals surface area contributed by atoms with Crippen molar-refractivity contribution in [3.63, 3.8) is 0 Å². The van der Waals surface area contributed by atoms with Gasteiger partial charge in [-0.15, -0.1) is 5.10 Å². The van der Waals surface area contributed by atoms with Gasteiger partial charge in [-0.1, -0.05) is 56.8 Å².